The first-order chi connectivity index (χ1) is 11.7. The highest BCUT2D eigenvalue weighted by Gasteiger charge is 2.42. The molecule has 8 nitrogen and oxygen atoms in total. The van der Waals surface area contributed by atoms with Gasteiger partial charge in [-0.3, -0.25) is 19.1 Å². The molecule has 1 N–H and O–H groups in total. The fourth-order valence-electron chi connectivity index (χ4n) is 2.40. The molecule has 1 aliphatic heterocycles. The van der Waals surface area contributed by atoms with Gasteiger partial charge in [0.05, 0.1) is 29.9 Å². The average Bonchev–Trinajstić information content (AvgIpc) is 2.75. The van der Waals surface area contributed by atoms with Gasteiger partial charge in [-0.15, -0.1) is 0 Å². The molecule has 0 aliphatic carbocycles. The lowest BCUT2D eigenvalue weighted by atomic mass is 10.1. The maximum Gasteiger partial charge on any atom is 0.381 e. The zero-order valence-electron chi connectivity index (χ0n) is 14.5. The lowest BCUT2D eigenvalue weighted by Crippen LogP contribution is -2.35. The van der Waals surface area contributed by atoms with Crippen LogP contribution in [0.5, 0.6) is 0 Å². The average molecular weight is 368 g/mol. The molecule has 0 bridgehead atoms. The predicted octanol–water partition coefficient (Wildman–Crippen LogP) is 3.11. The van der Waals surface area contributed by atoms with Crippen molar-refractivity contribution < 1.29 is 28.4 Å². The number of carbonyl (C=O) groups is 2. The van der Waals surface area contributed by atoms with Gasteiger partial charge in [-0.2, -0.15) is 0 Å². The van der Waals surface area contributed by atoms with Crippen molar-refractivity contribution in [2.24, 2.45) is 5.16 Å². The first-order valence-corrected chi connectivity index (χ1v) is 9.37. The molecular weight excluding hydrogens is 347 g/mol. The predicted molar refractivity (Wildman–Crippen MR) is 91.1 cm³/mol. The highest BCUT2D eigenvalue weighted by molar-refractivity contribution is 7.72. The topological polar surface area (TPSA) is 106 Å². The zero-order chi connectivity index (χ0) is 18.8. The van der Waals surface area contributed by atoms with Gasteiger partial charge >= 0.3 is 7.60 Å². The van der Waals surface area contributed by atoms with Crippen LogP contribution >= 0.6 is 7.60 Å². The van der Waals surface area contributed by atoms with E-state index in [-0.39, 0.29) is 11.1 Å². The third-order valence-corrected chi connectivity index (χ3v) is 5.57. The number of imide groups is 1. The van der Waals surface area contributed by atoms with E-state index in [0.29, 0.717) is 0 Å². The van der Waals surface area contributed by atoms with Crippen LogP contribution in [0.4, 0.5) is 0 Å². The summed E-state index contributed by atoms with van der Waals surface area (Å²) in [6, 6.07) is 6.34. The van der Waals surface area contributed by atoms with Crippen molar-refractivity contribution in [3.63, 3.8) is 0 Å². The van der Waals surface area contributed by atoms with Gasteiger partial charge < -0.3 is 14.3 Å². The van der Waals surface area contributed by atoms with Crippen LogP contribution in [-0.2, 0) is 13.6 Å². The van der Waals surface area contributed by atoms with Crippen LogP contribution in [0.3, 0.4) is 0 Å². The Morgan fingerprint density at radius 1 is 1.08 bits per heavy atom. The first kappa shape index (κ1) is 19.3. The molecule has 1 aromatic rings. The summed E-state index contributed by atoms with van der Waals surface area (Å²) in [5.74, 6) is -1.11. The molecule has 0 fully saturated rings. The van der Waals surface area contributed by atoms with Crippen LogP contribution in [0, 0.1) is 0 Å². The molecule has 9 heteroatoms. The number of benzene rings is 1. The Hall–Kier alpha value is -2.02. The monoisotopic (exact) mass is 368 g/mol. The van der Waals surface area contributed by atoms with Crippen molar-refractivity contribution in [2.75, 3.05) is 6.54 Å². The van der Waals surface area contributed by atoms with Crippen LogP contribution in [-0.4, -0.2) is 46.1 Å². The van der Waals surface area contributed by atoms with Crippen molar-refractivity contribution in [3.8, 4) is 0 Å². The minimum Gasteiger partial charge on any atom is -0.410 e. The Bertz CT molecular complexity index is 710. The van der Waals surface area contributed by atoms with Gasteiger partial charge in [-0.25, -0.2) is 0 Å². The largest absolute Gasteiger partial charge is 0.410 e. The molecule has 0 saturated carbocycles. The molecular formula is C16H21N2O6P. The standard InChI is InChI=1S/C16H21N2O6P/c1-10(2)23-25(22,24-11(3)4)14(17-21)9-18-15(19)12-7-5-6-8-13(12)16(18)20/h5-8,10-11,21H,9H2,1-4H3/b17-14+. The van der Waals surface area contributed by atoms with E-state index >= 15 is 0 Å². The summed E-state index contributed by atoms with van der Waals surface area (Å²) in [5.41, 5.74) is 0.0905. The molecule has 1 aromatic carbocycles. The summed E-state index contributed by atoms with van der Waals surface area (Å²) in [5, 5.41) is 12.4. The maximum absolute atomic E-state index is 13.1. The minimum atomic E-state index is -3.99. The third-order valence-electron chi connectivity index (χ3n) is 3.31. The van der Waals surface area contributed by atoms with Crippen LogP contribution in [0.25, 0.3) is 0 Å². The number of fused-ring (bicyclic) bond motifs is 1. The van der Waals surface area contributed by atoms with Gasteiger partial charge in [0.15, 0.2) is 5.45 Å². The molecule has 0 radical (unpaired) electrons. The van der Waals surface area contributed by atoms with Gasteiger partial charge in [0.2, 0.25) is 0 Å². The number of carbonyl (C=O) groups excluding carboxylic acids is 2. The second-order valence-corrected chi connectivity index (χ2v) is 8.00. The summed E-state index contributed by atoms with van der Waals surface area (Å²) in [4.78, 5) is 25.7. The zero-order valence-corrected chi connectivity index (χ0v) is 15.4. The van der Waals surface area contributed by atoms with E-state index in [9.17, 15) is 19.4 Å². The SMILES string of the molecule is CC(C)OP(=O)(OC(C)C)/C(CN1C(=O)c2ccccc2C1=O)=N/O. The van der Waals surface area contributed by atoms with E-state index in [1.807, 2.05) is 0 Å². The summed E-state index contributed by atoms with van der Waals surface area (Å²) in [6.45, 7) is 6.10. The van der Waals surface area contributed by atoms with Crippen molar-refractivity contribution in [1.82, 2.24) is 4.90 Å². The molecule has 2 rings (SSSR count). The fourth-order valence-corrected chi connectivity index (χ4v) is 4.23. The van der Waals surface area contributed by atoms with Crippen LogP contribution < -0.4 is 0 Å². The van der Waals surface area contributed by atoms with E-state index in [4.69, 9.17) is 9.05 Å². The van der Waals surface area contributed by atoms with E-state index in [0.717, 1.165) is 4.90 Å². The van der Waals surface area contributed by atoms with Gasteiger partial charge in [-0.05, 0) is 39.8 Å². The Balaban J connectivity index is 2.32. The summed E-state index contributed by atoms with van der Waals surface area (Å²) >= 11 is 0. The Kier molecular flexibility index (Phi) is 5.77. The molecule has 25 heavy (non-hydrogen) atoms. The molecule has 0 atom stereocenters. The van der Waals surface area contributed by atoms with Gasteiger partial charge in [-0.1, -0.05) is 17.3 Å². The molecule has 1 heterocycles. The Morgan fingerprint density at radius 2 is 1.52 bits per heavy atom. The second-order valence-electron chi connectivity index (χ2n) is 6.06. The molecule has 0 aromatic heterocycles. The van der Waals surface area contributed by atoms with Gasteiger partial charge in [0.1, 0.15) is 0 Å². The van der Waals surface area contributed by atoms with Crippen molar-refractivity contribution >= 4 is 24.9 Å². The van der Waals surface area contributed by atoms with Crippen LogP contribution in [0.1, 0.15) is 48.4 Å². The number of oxime groups is 1. The molecule has 1 aliphatic rings. The third kappa shape index (κ3) is 3.98. The Labute approximate surface area is 145 Å². The normalized spacial score (nSPS) is 15.4. The summed E-state index contributed by atoms with van der Waals surface area (Å²) < 4.78 is 23.8. The molecule has 0 saturated heterocycles. The van der Waals surface area contributed by atoms with E-state index in [1.54, 1.807) is 39.8 Å². The lowest BCUT2D eigenvalue weighted by Gasteiger charge is -2.25. The van der Waals surface area contributed by atoms with Crippen LogP contribution in [0.2, 0.25) is 0 Å². The number of hydrogen-bond donors (Lipinski definition) is 1. The highest BCUT2D eigenvalue weighted by Crippen LogP contribution is 2.52. The van der Waals surface area contributed by atoms with Crippen molar-refractivity contribution in [1.29, 1.82) is 0 Å². The molecule has 136 valence electrons. The summed E-state index contributed by atoms with van der Waals surface area (Å²) in [6.07, 6.45) is -0.966. The van der Waals surface area contributed by atoms with E-state index in [1.165, 1.54) is 12.1 Å². The summed E-state index contributed by atoms with van der Waals surface area (Å²) in [7, 11) is -3.99. The van der Waals surface area contributed by atoms with E-state index in [2.05, 4.69) is 5.16 Å². The highest BCUT2D eigenvalue weighted by atomic mass is 31.2. The van der Waals surface area contributed by atoms with Crippen molar-refractivity contribution in [3.05, 3.63) is 35.4 Å². The Morgan fingerprint density at radius 3 is 1.88 bits per heavy atom. The first-order valence-electron chi connectivity index (χ1n) is 7.83. The number of nitrogens with zero attached hydrogens (tertiary/aromatic N) is 2. The smallest absolute Gasteiger partial charge is 0.381 e. The minimum absolute atomic E-state index is 0.245. The fraction of sp³-hybridized carbons (Fsp3) is 0.438. The number of amides is 2. The van der Waals surface area contributed by atoms with Crippen molar-refractivity contribution in [2.45, 2.75) is 39.9 Å². The molecule has 0 unspecified atom stereocenters. The quantitative estimate of drug-likeness (QED) is 0.261. The van der Waals surface area contributed by atoms with E-state index < -0.39 is 43.6 Å². The lowest BCUT2D eigenvalue weighted by molar-refractivity contribution is 0.0677. The van der Waals surface area contributed by atoms with Gasteiger partial charge in [0, 0.05) is 0 Å². The molecule has 2 amide bonds. The molecule has 0 spiro atoms. The number of rotatable bonds is 7. The number of hydrogen-bond acceptors (Lipinski definition) is 7. The second kappa shape index (κ2) is 7.47. The van der Waals surface area contributed by atoms with Crippen LogP contribution in [0.15, 0.2) is 29.4 Å². The maximum atomic E-state index is 13.1. The van der Waals surface area contributed by atoms with Gasteiger partial charge in [0.25, 0.3) is 11.8 Å².